The lowest BCUT2D eigenvalue weighted by molar-refractivity contribution is -0.146. The Hall–Kier alpha value is -2.74. The van der Waals surface area contributed by atoms with Gasteiger partial charge in [-0.2, -0.15) is 0 Å². The van der Waals surface area contributed by atoms with Gasteiger partial charge in [0.1, 0.15) is 5.60 Å². The standard InChI is InChI=1S/C21H24N4O4/c1-14(26)23-7-9-24(10-8-23)19(27)17-16-4-5-21(29-16)13-25(20(28)18(17)21)12-15-3-2-6-22-11-15/h2-6,11,16-18H,7-10,12-13H2,1H3/t16-,17?,18?,21-/m1/s1. The van der Waals surface area contributed by atoms with Crippen LogP contribution in [0.1, 0.15) is 12.5 Å². The zero-order chi connectivity index (χ0) is 20.2. The van der Waals surface area contributed by atoms with E-state index in [4.69, 9.17) is 4.74 Å². The SMILES string of the molecule is CC(=O)N1CCN(C(=O)C2C3C(=O)N(Cc4cccnc4)C[C@]34C=C[C@H]2O4)CC1. The van der Waals surface area contributed by atoms with Crippen molar-refractivity contribution in [1.29, 1.82) is 0 Å². The number of fused-ring (bicyclic) bond motifs is 1. The first-order chi connectivity index (χ1) is 14.0. The van der Waals surface area contributed by atoms with E-state index in [1.54, 1.807) is 34.0 Å². The molecule has 8 nitrogen and oxygen atoms in total. The lowest BCUT2D eigenvalue weighted by atomic mass is 9.76. The number of carbonyl (C=O) groups excluding carboxylic acids is 3. The average Bonchev–Trinajstić information content (AvgIpc) is 3.37. The van der Waals surface area contributed by atoms with E-state index in [0.717, 1.165) is 5.56 Å². The van der Waals surface area contributed by atoms with Crippen LogP contribution in [-0.2, 0) is 25.7 Å². The van der Waals surface area contributed by atoms with Crippen molar-refractivity contribution >= 4 is 17.7 Å². The van der Waals surface area contributed by atoms with Crippen molar-refractivity contribution in [2.75, 3.05) is 32.7 Å². The molecule has 3 fully saturated rings. The van der Waals surface area contributed by atoms with Crippen molar-refractivity contribution in [2.24, 2.45) is 11.8 Å². The molecule has 5 heterocycles. The molecule has 1 aromatic heterocycles. The Bertz CT molecular complexity index is 880. The molecule has 0 saturated carbocycles. The van der Waals surface area contributed by atoms with Crippen LogP contribution in [0.5, 0.6) is 0 Å². The Morgan fingerprint density at radius 1 is 1.24 bits per heavy atom. The van der Waals surface area contributed by atoms with Gasteiger partial charge >= 0.3 is 0 Å². The van der Waals surface area contributed by atoms with E-state index in [0.29, 0.717) is 39.3 Å². The van der Waals surface area contributed by atoms with Crippen LogP contribution in [0.4, 0.5) is 0 Å². The number of pyridine rings is 1. The number of carbonyl (C=O) groups is 3. The number of amides is 3. The second-order valence-electron chi connectivity index (χ2n) is 8.29. The predicted octanol–water partition coefficient (Wildman–Crippen LogP) is 0.0543. The minimum atomic E-state index is -0.703. The van der Waals surface area contributed by atoms with Gasteiger partial charge in [-0.3, -0.25) is 19.4 Å². The summed E-state index contributed by atoms with van der Waals surface area (Å²) in [6.45, 7) is 4.53. The third-order valence-electron chi connectivity index (χ3n) is 6.60. The molecule has 0 aromatic carbocycles. The minimum Gasteiger partial charge on any atom is -0.360 e. The van der Waals surface area contributed by atoms with Gasteiger partial charge in [0, 0.05) is 52.0 Å². The van der Waals surface area contributed by atoms with Gasteiger partial charge in [0.15, 0.2) is 0 Å². The normalized spacial score (nSPS) is 32.8. The fourth-order valence-corrected chi connectivity index (χ4v) is 5.16. The van der Waals surface area contributed by atoms with Crippen LogP contribution in [0.15, 0.2) is 36.7 Å². The molecule has 0 aliphatic carbocycles. The molecule has 152 valence electrons. The van der Waals surface area contributed by atoms with Gasteiger partial charge in [0.05, 0.1) is 24.5 Å². The quantitative estimate of drug-likeness (QED) is 0.675. The molecule has 1 aromatic rings. The van der Waals surface area contributed by atoms with E-state index in [1.807, 2.05) is 24.3 Å². The van der Waals surface area contributed by atoms with Crippen LogP contribution in [0.2, 0.25) is 0 Å². The second kappa shape index (κ2) is 6.66. The minimum absolute atomic E-state index is 0.0265. The topological polar surface area (TPSA) is 83.1 Å². The molecule has 4 aliphatic rings. The molecule has 1 spiro atoms. The zero-order valence-electron chi connectivity index (χ0n) is 16.4. The van der Waals surface area contributed by atoms with Gasteiger partial charge in [0.2, 0.25) is 17.7 Å². The highest BCUT2D eigenvalue weighted by Gasteiger charge is 2.67. The molecule has 4 atom stereocenters. The van der Waals surface area contributed by atoms with Crippen LogP contribution in [0.25, 0.3) is 0 Å². The lowest BCUT2D eigenvalue weighted by Crippen LogP contribution is -2.54. The highest BCUT2D eigenvalue weighted by atomic mass is 16.5. The molecule has 29 heavy (non-hydrogen) atoms. The summed E-state index contributed by atoms with van der Waals surface area (Å²) in [6, 6.07) is 3.79. The van der Waals surface area contributed by atoms with Crippen molar-refractivity contribution in [3.63, 3.8) is 0 Å². The molecular formula is C21H24N4O4. The molecule has 8 heteroatoms. The summed E-state index contributed by atoms with van der Waals surface area (Å²) in [4.78, 5) is 47.6. The number of piperazine rings is 1. The van der Waals surface area contributed by atoms with Gasteiger partial charge in [-0.1, -0.05) is 18.2 Å². The summed E-state index contributed by atoms with van der Waals surface area (Å²) < 4.78 is 6.20. The molecule has 0 radical (unpaired) electrons. The maximum absolute atomic E-state index is 13.3. The van der Waals surface area contributed by atoms with Gasteiger partial charge < -0.3 is 19.4 Å². The number of hydrogen-bond acceptors (Lipinski definition) is 5. The van der Waals surface area contributed by atoms with Crippen molar-refractivity contribution in [3.05, 3.63) is 42.2 Å². The van der Waals surface area contributed by atoms with Crippen LogP contribution in [-0.4, -0.2) is 81.8 Å². The predicted molar refractivity (Wildman–Crippen MR) is 102 cm³/mol. The molecule has 5 rings (SSSR count). The number of hydrogen-bond donors (Lipinski definition) is 0. The summed E-state index contributed by atoms with van der Waals surface area (Å²) in [6.07, 6.45) is 7.02. The van der Waals surface area contributed by atoms with Crippen LogP contribution in [0.3, 0.4) is 0 Å². The van der Waals surface area contributed by atoms with E-state index < -0.39 is 17.4 Å². The van der Waals surface area contributed by atoms with Gasteiger partial charge in [-0.25, -0.2) is 0 Å². The second-order valence-corrected chi connectivity index (χ2v) is 8.29. The Labute approximate surface area is 169 Å². The third-order valence-corrected chi connectivity index (χ3v) is 6.60. The number of rotatable bonds is 3. The number of nitrogens with zero attached hydrogens (tertiary/aromatic N) is 4. The molecule has 3 saturated heterocycles. The number of likely N-dealkylation sites (tertiary alicyclic amines) is 1. The van der Waals surface area contributed by atoms with Crippen molar-refractivity contribution < 1.29 is 19.1 Å². The van der Waals surface area contributed by atoms with Crippen LogP contribution >= 0.6 is 0 Å². The smallest absolute Gasteiger partial charge is 0.230 e. The third kappa shape index (κ3) is 2.85. The highest BCUT2D eigenvalue weighted by molar-refractivity contribution is 5.93. The molecule has 4 aliphatic heterocycles. The maximum atomic E-state index is 13.3. The Morgan fingerprint density at radius 3 is 2.69 bits per heavy atom. The summed E-state index contributed by atoms with van der Waals surface area (Å²) in [5.41, 5.74) is 0.255. The first kappa shape index (κ1) is 18.3. The number of aromatic nitrogens is 1. The summed E-state index contributed by atoms with van der Waals surface area (Å²) >= 11 is 0. The molecule has 2 unspecified atom stereocenters. The Balaban J connectivity index is 1.34. The summed E-state index contributed by atoms with van der Waals surface area (Å²) in [7, 11) is 0. The highest BCUT2D eigenvalue weighted by Crippen LogP contribution is 2.52. The molecular weight excluding hydrogens is 372 g/mol. The van der Waals surface area contributed by atoms with E-state index in [2.05, 4.69) is 4.98 Å². The largest absolute Gasteiger partial charge is 0.360 e. The van der Waals surface area contributed by atoms with Crippen LogP contribution in [0, 0.1) is 11.8 Å². The molecule has 2 bridgehead atoms. The van der Waals surface area contributed by atoms with Crippen LogP contribution < -0.4 is 0 Å². The average molecular weight is 396 g/mol. The fourth-order valence-electron chi connectivity index (χ4n) is 5.16. The zero-order valence-corrected chi connectivity index (χ0v) is 16.4. The van der Waals surface area contributed by atoms with Crippen molar-refractivity contribution in [2.45, 2.75) is 25.2 Å². The van der Waals surface area contributed by atoms with E-state index >= 15 is 0 Å². The maximum Gasteiger partial charge on any atom is 0.230 e. The Kier molecular flexibility index (Phi) is 4.20. The van der Waals surface area contributed by atoms with Crippen molar-refractivity contribution in [3.8, 4) is 0 Å². The lowest BCUT2D eigenvalue weighted by Gasteiger charge is -2.37. The Morgan fingerprint density at radius 2 is 2.00 bits per heavy atom. The van der Waals surface area contributed by atoms with Gasteiger partial charge in [-0.05, 0) is 11.6 Å². The van der Waals surface area contributed by atoms with Crippen molar-refractivity contribution in [1.82, 2.24) is 19.7 Å². The van der Waals surface area contributed by atoms with Gasteiger partial charge in [0.25, 0.3) is 0 Å². The van der Waals surface area contributed by atoms with E-state index in [1.165, 1.54) is 0 Å². The first-order valence-corrected chi connectivity index (χ1v) is 10.1. The first-order valence-electron chi connectivity index (χ1n) is 10.1. The fraction of sp³-hybridized carbons (Fsp3) is 0.524. The van der Waals surface area contributed by atoms with Gasteiger partial charge in [-0.15, -0.1) is 0 Å². The monoisotopic (exact) mass is 396 g/mol. The van der Waals surface area contributed by atoms with E-state index in [-0.39, 0.29) is 23.8 Å². The van der Waals surface area contributed by atoms with E-state index in [9.17, 15) is 14.4 Å². The molecule has 3 amide bonds. The molecule has 0 N–H and O–H groups in total. The number of ether oxygens (including phenoxy) is 1. The summed E-state index contributed by atoms with van der Waals surface area (Å²) in [5.74, 6) is -1.01. The summed E-state index contributed by atoms with van der Waals surface area (Å²) in [5, 5.41) is 0.